The number of hydrogen-bond donors (Lipinski definition) is 0. The van der Waals surface area contributed by atoms with E-state index >= 15 is 0 Å². The van der Waals surface area contributed by atoms with Gasteiger partial charge in [-0.05, 0) is 30.7 Å². The molecule has 5 nitrogen and oxygen atoms in total. The van der Waals surface area contributed by atoms with Gasteiger partial charge in [0.25, 0.3) is 5.69 Å². The molecule has 0 aliphatic rings. The molecule has 3 aromatic rings. The smallest absolute Gasteiger partial charge is 0.288 e. The molecule has 1 aromatic heterocycles. The van der Waals surface area contributed by atoms with Crippen molar-refractivity contribution in [1.29, 1.82) is 0 Å². The summed E-state index contributed by atoms with van der Waals surface area (Å²) in [7, 11) is 0. The van der Waals surface area contributed by atoms with E-state index in [0.29, 0.717) is 6.54 Å². The quantitative estimate of drug-likeness (QED) is 0.543. The minimum Gasteiger partial charge on any atom is -0.324 e. The molecule has 106 valence electrons. The molecule has 3 rings (SSSR count). The van der Waals surface area contributed by atoms with E-state index in [2.05, 4.69) is 4.98 Å². The summed E-state index contributed by atoms with van der Waals surface area (Å²) in [5.74, 6) is 0.869. The maximum atomic E-state index is 11.0. The second kappa shape index (κ2) is 5.18. The molecule has 0 N–H and O–H groups in total. The lowest BCUT2D eigenvalue weighted by Crippen LogP contribution is -2.02. The first-order chi connectivity index (χ1) is 10.1. The van der Waals surface area contributed by atoms with Gasteiger partial charge in [-0.1, -0.05) is 29.8 Å². The molecule has 0 bridgehead atoms. The highest BCUT2D eigenvalue weighted by Crippen LogP contribution is 2.26. The van der Waals surface area contributed by atoms with E-state index in [4.69, 9.17) is 11.6 Å². The number of aryl methyl sites for hydroxylation is 1. The van der Waals surface area contributed by atoms with Crippen LogP contribution in [0.1, 0.15) is 11.4 Å². The third kappa shape index (κ3) is 2.48. The van der Waals surface area contributed by atoms with E-state index in [-0.39, 0.29) is 10.7 Å². The van der Waals surface area contributed by atoms with Crippen LogP contribution in [0, 0.1) is 17.0 Å². The fourth-order valence-corrected chi connectivity index (χ4v) is 2.56. The number of benzene rings is 2. The Morgan fingerprint density at radius 1 is 1.29 bits per heavy atom. The van der Waals surface area contributed by atoms with E-state index < -0.39 is 4.92 Å². The molecule has 0 aliphatic heterocycles. The van der Waals surface area contributed by atoms with E-state index in [1.54, 1.807) is 12.1 Å². The highest BCUT2D eigenvalue weighted by atomic mass is 35.5. The largest absolute Gasteiger partial charge is 0.324 e. The van der Waals surface area contributed by atoms with Crippen LogP contribution in [0.4, 0.5) is 5.69 Å². The molecule has 0 saturated carbocycles. The van der Waals surface area contributed by atoms with Crippen LogP contribution in [0.25, 0.3) is 11.0 Å². The number of fused-ring (bicyclic) bond motifs is 1. The van der Waals surface area contributed by atoms with Crippen LogP contribution >= 0.6 is 11.6 Å². The second-order valence-electron chi connectivity index (χ2n) is 4.78. The second-order valence-corrected chi connectivity index (χ2v) is 5.18. The summed E-state index contributed by atoms with van der Waals surface area (Å²) >= 11 is 5.84. The first kappa shape index (κ1) is 13.6. The highest BCUT2D eigenvalue weighted by molar-refractivity contribution is 6.32. The van der Waals surface area contributed by atoms with Gasteiger partial charge in [0, 0.05) is 12.6 Å². The van der Waals surface area contributed by atoms with Crippen molar-refractivity contribution < 1.29 is 4.92 Å². The molecule has 0 radical (unpaired) electrons. The van der Waals surface area contributed by atoms with Crippen molar-refractivity contribution >= 4 is 28.3 Å². The van der Waals surface area contributed by atoms with Crippen molar-refractivity contribution in [1.82, 2.24) is 9.55 Å². The Labute approximate surface area is 125 Å². The zero-order valence-electron chi connectivity index (χ0n) is 11.3. The third-order valence-corrected chi connectivity index (χ3v) is 3.71. The fraction of sp³-hybridized carbons (Fsp3) is 0.133. The van der Waals surface area contributed by atoms with Crippen LogP contribution in [-0.2, 0) is 6.54 Å². The minimum absolute atomic E-state index is 0.0729. The van der Waals surface area contributed by atoms with Crippen molar-refractivity contribution in [2.45, 2.75) is 13.5 Å². The number of nitro groups is 1. The Hall–Kier alpha value is -2.40. The number of aromatic nitrogens is 2. The summed E-state index contributed by atoms with van der Waals surface area (Å²) < 4.78 is 2.03. The summed E-state index contributed by atoms with van der Waals surface area (Å²) in [5, 5.41) is 11.1. The molecule has 1 heterocycles. The van der Waals surface area contributed by atoms with Crippen LogP contribution in [-0.4, -0.2) is 14.5 Å². The molecule has 2 aromatic carbocycles. The number of halogens is 1. The summed E-state index contributed by atoms with van der Waals surface area (Å²) in [6.45, 7) is 2.44. The summed E-state index contributed by atoms with van der Waals surface area (Å²) in [5.41, 5.74) is 2.67. The lowest BCUT2D eigenvalue weighted by molar-refractivity contribution is -0.384. The molecular formula is C15H12ClN3O2. The number of nitrogens with zero attached hydrogens (tertiary/aromatic N) is 3. The maximum absolute atomic E-state index is 11.0. The Balaban J connectivity index is 2.05. The molecule has 6 heteroatoms. The van der Waals surface area contributed by atoms with Gasteiger partial charge >= 0.3 is 0 Å². The van der Waals surface area contributed by atoms with Gasteiger partial charge < -0.3 is 4.57 Å². The molecule has 0 spiro atoms. The molecule has 0 fully saturated rings. The van der Waals surface area contributed by atoms with Crippen molar-refractivity contribution in [3.8, 4) is 0 Å². The number of para-hydroxylation sites is 2. The maximum Gasteiger partial charge on any atom is 0.288 e. The zero-order valence-corrected chi connectivity index (χ0v) is 12.0. The summed E-state index contributed by atoms with van der Waals surface area (Å²) in [4.78, 5) is 15.0. The molecule has 0 amide bonds. The van der Waals surface area contributed by atoms with Crippen LogP contribution in [0.2, 0.25) is 5.02 Å². The molecule has 0 atom stereocenters. The predicted molar refractivity (Wildman–Crippen MR) is 81.7 cm³/mol. The standard InChI is InChI=1S/C15H12ClN3O2/c1-10-17-13-4-2-3-5-14(13)18(10)9-11-6-7-12(16)15(8-11)19(20)21/h2-8H,9H2,1H3. The topological polar surface area (TPSA) is 61.0 Å². The van der Waals surface area contributed by atoms with E-state index in [0.717, 1.165) is 22.4 Å². The molecule has 0 aliphatic carbocycles. The van der Waals surface area contributed by atoms with E-state index in [9.17, 15) is 10.1 Å². The Morgan fingerprint density at radius 2 is 2.05 bits per heavy atom. The first-order valence-corrected chi connectivity index (χ1v) is 6.79. The Bertz CT molecular complexity index is 842. The van der Waals surface area contributed by atoms with Gasteiger partial charge in [-0.25, -0.2) is 4.98 Å². The monoisotopic (exact) mass is 301 g/mol. The Morgan fingerprint density at radius 3 is 2.81 bits per heavy atom. The van der Waals surface area contributed by atoms with Gasteiger partial charge in [-0.2, -0.15) is 0 Å². The molecule has 21 heavy (non-hydrogen) atoms. The average molecular weight is 302 g/mol. The molecular weight excluding hydrogens is 290 g/mol. The highest BCUT2D eigenvalue weighted by Gasteiger charge is 2.14. The fourth-order valence-electron chi connectivity index (χ4n) is 2.37. The number of imidazole rings is 1. The van der Waals surface area contributed by atoms with Crippen molar-refractivity contribution in [3.63, 3.8) is 0 Å². The SMILES string of the molecule is Cc1nc2ccccc2n1Cc1ccc(Cl)c([N+](=O)[O-])c1. The lowest BCUT2D eigenvalue weighted by Gasteiger charge is -2.07. The summed E-state index contributed by atoms with van der Waals surface area (Å²) in [6.07, 6.45) is 0. The van der Waals surface area contributed by atoms with Gasteiger partial charge in [0.15, 0.2) is 0 Å². The van der Waals surface area contributed by atoms with Crippen molar-refractivity contribution in [3.05, 3.63) is 69.0 Å². The van der Waals surface area contributed by atoms with Crippen molar-refractivity contribution in [2.75, 3.05) is 0 Å². The lowest BCUT2D eigenvalue weighted by atomic mass is 10.2. The van der Waals surface area contributed by atoms with Crippen LogP contribution < -0.4 is 0 Å². The average Bonchev–Trinajstić information content (AvgIpc) is 2.77. The van der Waals surface area contributed by atoms with Crippen molar-refractivity contribution in [2.24, 2.45) is 0 Å². The van der Waals surface area contributed by atoms with Gasteiger partial charge in [0.05, 0.1) is 16.0 Å². The number of nitro benzene ring substituents is 1. The van der Waals surface area contributed by atoms with Gasteiger partial charge in [-0.15, -0.1) is 0 Å². The van der Waals surface area contributed by atoms with Gasteiger partial charge in [0.1, 0.15) is 10.8 Å². The van der Waals surface area contributed by atoms with Crippen LogP contribution in [0.15, 0.2) is 42.5 Å². The predicted octanol–water partition coefficient (Wildman–Crippen LogP) is 3.95. The third-order valence-electron chi connectivity index (χ3n) is 3.39. The van der Waals surface area contributed by atoms with E-state index in [1.807, 2.05) is 35.8 Å². The zero-order chi connectivity index (χ0) is 15.0. The van der Waals surface area contributed by atoms with Gasteiger partial charge in [-0.3, -0.25) is 10.1 Å². The van der Waals surface area contributed by atoms with Gasteiger partial charge in [0.2, 0.25) is 0 Å². The summed E-state index contributed by atoms with van der Waals surface area (Å²) in [6, 6.07) is 12.7. The normalized spacial score (nSPS) is 11.0. The number of hydrogen-bond acceptors (Lipinski definition) is 3. The molecule has 0 saturated heterocycles. The van der Waals surface area contributed by atoms with Crippen LogP contribution in [0.5, 0.6) is 0 Å². The van der Waals surface area contributed by atoms with E-state index in [1.165, 1.54) is 6.07 Å². The minimum atomic E-state index is -0.468. The number of rotatable bonds is 3. The first-order valence-electron chi connectivity index (χ1n) is 6.41. The Kier molecular flexibility index (Phi) is 3.35. The van der Waals surface area contributed by atoms with Crippen LogP contribution in [0.3, 0.4) is 0 Å². The molecule has 0 unspecified atom stereocenters.